The van der Waals surface area contributed by atoms with Crippen molar-refractivity contribution in [1.29, 1.82) is 0 Å². The molecule has 0 bridgehead atoms. The van der Waals surface area contributed by atoms with Gasteiger partial charge in [0, 0.05) is 39.4 Å². The number of hydrogen-bond acceptors (Lipinski definition) is 3. The lowest BCUT2D eigenvalue weighted by atomic mass is 9.95. The molecule has 32 heavy (non-hydrogen) atoms. The molecule has 2 aromatic carbocycles. The summed E-state index contributed by atoms with van der Waals surface area (Å²) in [5, 5.41) is 4.26. The summed E-state index contributed by atoms with van der Waals surface area (Å²) in [6, 6.07) is 18.6. The van der Waals surface area contributed by atoms with Gasteiger partial charge in [0.05, 0.1) is 5.92 Å². The quantitative estimate of drug-likeness (QED) is 0.622. The van der Waals surface area contributed by atoms with E-state index >= 15 is 0 Å². The minimum absolute atomic E-state index is 0.115. The number of rotatable bonds is 5. The summed E-state index contributed by atoms with van der Waals surface area (Å²) in [7, 11) is 1.80. The molecule has 6 heteroatoms. The third-order valence-electron chi connectivity index (χ3n) is 6.13. The molecule has 1 saturated heterocycles. The van der Waals surface area contributed by atoms with Crippen molar-refractivity contribution in [2.75, 3.05) is 26.2 Å². The molecule has 0 spiro atoms. The van der Waals surface area contributed by atoms with Crippen LogP contribution in [0.25, 0.3) is 11.1 Å². The molecule has 1 aliphatic heterocycles. The first-order chi connectivity index (χ1) is 15.4. The van der Waals surface area contributed by atoms with Gasteiger partial charge in [-0.05, 0) is 43.0 Å². The second-order valence-corrected chi connectivity index (χ2v) is 8.51. The van der Waals surface area contributed by atoms with Crippen LogP contribution in [0.5, 0.6) is 0 Å². The molecule has 1 atom stereocenters. The van der Waals surface area contributed by atoms with Gasteiger partial charge >= 0.3 is 0 Å². The second kappa shape index (κ2) is 9.39. The van der Waals surface area contributed by atoms with Gasteiger partial charge in [-0.1, -0.05) is 54.1 Å². The molecule has 2 amide bonds. The van der Waals surface area contributed by atoms with Gasteiger partial charge in [0.1, 0.15) is 5.69 Å². The summed E-state index contributed by atoms with van der Waals surface area (Å²) < 4.78 is 1.63. The van der Waals surface area contributed by atoms with E-state index in [2.05, 4.69) is 60.6 Å². The Morgan fingerprint density at radius 1 is 1.06 bits per heavy atom. The van der Waals surface area contributed by atoms with E-state index < -0.39 is 0 Å². The summed E-state index contributed by atoms with van der Waals surface area (Å²) >= 11 is 0. The molecule has 0 radical (unpaired) electrons. The normalized spacial score (nSPS) is 16.8. The zero-order valence-electron chi connectivity index (χ0n) is 19.0. The van der Waals surface area contributed by atoms with E-state index in [9.17, 15) is 9.59 Å². The highest BCUT2D eigenvalue weighted by Crippen LogP contribution is 2.23. The zero-order chi connectivity index (χ0) is 22.7. The van der Waals surface area contributed by atoms with Crippen LogP contribution in [0, 0.1) is 12.8 Å². The van der Waals surface area contributed by atoms with Gasteiger partial charge in [0.15, 0.2) is 0 Å². The maximum Gasteiger partial charge on any atom is 0.274 e. The number of carbonyl (C=O) groups excluding carboxylic acids is 2. The Balaban J connectivity index is 1.53. The van der Waals surface area contributed by atoms with Gasteiger partial charge in [-0.15, -0.1) is 0 Å². The lowest BCUT2D eigenvalue weighted by molar-refractivity contribution is -0.134. The van der Waals surface area contributed by atoms with Gasteiger partial charge < -0.3 is 9.80 Å². The SMILES string of the molecule is CCN1CCN(C(=O)c2ccn(C)n2)C[C@H](Cc2ccc(-c3cccc(C)c3)cc2)C1=O. The van der Waals surface area contributed by atoms with Crippen molar-refractivity contribution >= 4 is 11.8 Å². The van der Waals surface area contributed by atoms with Crippen LogP contribution in [0.15, 0.2) is 60.8 Å². The fraction of sp³-hybridized carbons (Fsp3) is 0.346. The predicted molar refractivity (Wildman–Crippen MR) is 125 cm³/mol. The van der Waals surface area contributed by atoms with Crippen LogP contribution in [0.3, 0.4) is 0 Å². The van der Waals surface area contributed by atoms with Crippen LogP contribution in [0.2, 0.25) is 0 Å². The summed E-state index contributed by atoms with van der Waals surface area (Å²) in [6.07, 6.45) is 2.37. The molecule has 1 aliphatic rings. The summed E-state index contributed by atoms with van der Waals surface area (Å²) in [5.74, 6) is -0.266. The molecule has 1 fully saturated rings. The predicted octanol–water partition coefficient (Wildman–Crippen LogP) is 3.56. The number of nitrogens with zero attached hydrogens (tertiary/aromatic N) is 4. The molecule has 0 saturated carbocycles. The molecule has 6 nitrogen and oxygen atoms in total. The molecular weight excluding hydrogens is 400 g/mol. The van der Waals surface area contributed by atoms with E-state index in [0.717, 1.165) is 11.1 Å². The lowest BCUT2D eigenvalue weighted by Gasteiger charge is -2.23. The molecule has 1 aromatic heterocycles. The summed E-state index contributed by atoms with van der Waals surface area (Å²) in [4.78, 5) is 29.8. The van der Waals surface area contributed by atoms with Crippen LogP contribution in [-0.4, -0.2) is 57.6 Å². The number of benzene rings is 2. The first kappa shape index (κ1) is 21.8. The van der Waals surface area contributed by atoms with Crippen molar-refractivity contribution in [3.05, 3.63) is 77.6 Å². The Morgan fingerprint density at radius 3 is 2.50 bits per heavy atom. The number of amides is 2. The number of aromatic nitrogens is 2. The topological polar surface area (TPSA) is 58.4 Å². The molecule has 4 rings (SSSR count). The smallest absolute Gasteiger partial charge is 0.274 e. The van der Waals surface area contributed by atoms with Crippen LogP contribution in [-0.2, 0) is 18.3 Å². The first-order valence-corrected chi connectivity index (χ1v) is 11.2. The van der Waals surface area contributed by atoms with Crippen LogP contribution >= 0.6 is 0 Å². The van der Waals surface area contributed by atoms with Gasteiger partial charge in [0.2, 0.25) is 5.91 Å². The molecule has 3 aromatic rings. The van der Waals surface area contributed by atoms with Crippen molar-refractivity contribution < 1.29 is 9.59 Å². The fourth-order valence-electron chi connectivity index (χ4n) is 4.33. The Bertz CT molecular complexity index is 1100. The highest BCUT2D eigenvalue weighted by Gasteiger charge is 2.32. The molecule has 0 unspecified atom stereocenters. The Kier molecular flexibility index (Phi) is 6.40. The number of hydrogen-bond donors (Lipinski definition) is 0. The van der Waals surface area contributed by atoms with Crippen LogP contribution in [0.1, 0.15) is 28.5 Å². The fourth-order valence-corrected chi connectivity index (χ4v) is 4.33. The van der Waals surface area contributed by atoms with Crippen molar-refractivity contribution in [2.45, 2.75) is 20.3 Å². The molecular formula is C26H30N4O2. The van der Waals surface area contributed by atoms with Gasteiger partial charge in [-0.2, -0.15) is 5.10 Å². The van der Waals surface area contributed by atoms with Crippen molar-refractivity contribution in [1.82, 2.24) is 19.6 Å². The van der Waals surface area contributed by atoms with Crippen molar-refractivity contribution in [2.24, 2.45) is 13.0 Å². The highest BCUT2D eigenvalue weighted by molar-refractivity contribution is 5.93. The molecule has 0 aliphatic carbocycles. The van der Waals surface area contributed by atoms with E-state index in [0.29, 0.717) is 38.3 Å². The minimum atomic E-state index is -0.269. The molecule has 0 N–H and O–H groups in total. The standard InChI is InChI=1S/C26H30N4O2/c1-4-29-14-15-30(26(32)24-12-13-28(3)27-24)18-23(25(29)31)17-20-8-10-21(11-9-20)22-7-5-6-19(2)16-22/h5-13,16,23H,4,14-15,17-18H2,1-3H3/t23-/m0/s1. The van der Waals surface area contributed by atoms with Gasteiger partial charge in [-0.3, -0.25) is 14.3 Å². The maximum absolute atomic E-state index is 13.2. The second-order valence-electron chi connectivity index (χ2n) is 8.51. The number of likely N-dealkylation sites (N-methyl/N-ethyl adjacent to an activating group) is 1. The van der Waals surface area contributed by atoms with Crippen molar-refractivity contribution in [3.63, 3.8) is 0 Å². The summed E-state index contributed by atoms with van der Waals surface area (Å²) in [6.45, 7) is 6.21. The molecule has 166 valence electrons. The van der Waals surface area contributed by atoms with Gasteiger partial charge in [-0.25, -0.2) is 0 Å². The van der Waals surface area contributed by atoms with Crippen LogP contribution in [0.4, 0.5) is 0 Å². The largest absolute Gasteiger partial charge is 0.341 e. The van der Waals surface area contributed by atoms with E-state index in [-0.39, 0.29) is 17.7 Å². The van der Waals surface area contributed by atoms with Crippen LogP contribution < -0.4 is 0 Å². The number of carbonyl (C=O) groups is 2. The van der Waals surface area contributed by atoms with Crippen molar-refractivity contribution in [3.8, 4) is 11.1 Å². The van der Waals surface area contributed by atoms with E-state index in [1.165, 1.54) is 11.1 Å². The third kappa shape index (κ3) is 4.74. The average molecular weight is 431 g/mol. The average Bonchev–Trinajstić information content (AvgIpc) is 3.17. The Hall–Kier alpha value is -3.41. The monoisotopic (exact) mass is 430 g/mol. The first-order valence-electron chi connectivity index (χ1n) is 11.2. The number of aryl methyl sites for hydroxylation is 2. The summed E-state index contributed by atoms with van der Waals surface area (Å²) in [5.41, 5.74) is 5.10. The highest BCUT2D eigenvalue weighted by atomic mass is 16.2. The van der Waals surface area contributed by atoms with E-state index in [1.54, 1.807) is 28.9 Å². The third-order valence-corrected chi connectivity index (χ3v) is 6.13. The minimum Gasteiger partial charge on any atom is -0.341 e. The van der Waals surface area contributed by atoms with Gasteiger partial charge in [0.25, 0.3) is 5.91 Å². The molecule has 2 heterocycles. The Morgan fingerprint density at radius 2 is 1.84 bits per heavy atom. The zero-order valence-corrected chi connectivity index (χ0v) is 19.0. The van der Waals surface area contributed by atoms with E-state index in [1.807, 2.05) is 11.8 Å². The van der Waals surface area contributed by atoms with E-state index in [4.69, 9.17) is 0 Å². The maximum atomic E-state index is 13.2. The lowest BCUT2D eigenvalue weighted by Crippen LogP contribution is -2.38. The Labute approximate surface area is 189 Å².